The molecule has 1 aromatic carbocycles. The second-order valence-corrected chi connectivity index (χ2v) is 10.6. The van der Waals surface area contributed by atoms with E-state index >= 15 is 0 Å². The van der Waals surface area contributed by atoms with E-state index in [1.165, 1.54) is 120 Å². The largest absolute Gasteiger partial charge is 0.199 e. The van der Waals surface area contributed by atoms with E-state index in [9.17, 15) is 4.39 Å². The maximum absolute atomic E-state index is 12.9. The standard InChI is InChI=1S/C31H44FN/c1-2-3-7-25-12-14-26(15-13-25)8-4-5-9-27-16-20-29(21-17-27)30-22-18-28(19-23-30)10-6-11-31(32)24-33/h6,10-15,27-30H,2-5,7-9,16-23H2,1H3/b10-6+,31-11-/t27-,28?,29-,30?. The minimum absolute atomic E-state index is 0.563. The van der Waals surface area contributed by atoms with Gasteiger partial charge in [-0.2, -0.15) is 9.65 Å². The maximum Gasteiger partial charge on any atom is 0.199 e. The van der Waals surface area contributed by atoms with Gasteiger partial charge in [-0.3, -0.25) is 0 Å². The van der Waals surface area contributed by atoms with E-state index in [0.717, 1.165) is 17.8 Å². The van der Waals surface area contributed by atoms with Crippen LogP contribution < -0.4 is 0 Å². The van der Waals surface area contributed by atoms with Crippen LogP contribution in [0.3, 0.4) is 0 Å². The predicted octanol–water partition coefficient (Wildman–Crippen LogP) is 9.29. The summed E-state index contributed by atoms with van der Waals surface area (Å²) < 4.78 is 12.9. The first-order valence-corrected chi connectivity index (χ1v) is 13.7. The Morgan fingerprint density at radius 1 is 0.879 bits per heavy atom. The first-order chi connectivity index (χ1) is 16.2. The third-order valence-corrected chi connectivity index (χ3v) is 8.28. The molecule has 2 aliphatic rings. The highest BCUT2D eigenvalue weighted by molar-refractivity contribution is 5.22. The number of nitrogens with zero attached hydrogens (tertiary/aromatic N) is 1. The fourth-order valence-corrected chi connectivity index (χ4v) is 6.11. The molecule has 0 spiro atoms. The Hall–Kier alpha value is -1.88. The van der Waals surface area contributed by atoms with Gasteiger partial charge in [-0.25, -0.2) is 0 Å². The smallest absolute Gasteiger partial charge is 0.195 e. The average Bonchev–Trinajstić information content (AvgIpc) is 2.87. The number of hydrogen-bond acceptors (Lipinski definition) is 1. The molecule has 2 aliphatic carbocycles. The van der Waals surface area contributed by atoms with Gasteiger partial charge in [0.05, 0.1) is 0 Å². The number of unbranched alkanes of at least 4 members (excludes halogenated alkanes) is 2. The van der Waals surface area contributed by atoms with Gasteiger partial charge in [-0.1, -0.05) is 75.4 Å². The van der Waals surface area contributed by atoms with Gasteiger partial charge in [-0.15, -0.1) is 0 Å². The summed E-state index contributed by atoms with van der Waals surface area (Å²) in [7, 11) is 0. The van der Waals surface area contributed by atoms with Gasteiger partial charge >= 0.3 is 0 Å². The zero-order valence-electron chi connectivity index (χ0n) is 20.8. The molecule has 3 rings (SSSR count). The number of benzene rings is 1. The van der Waals surface area contributed by atoms with Crippen LogP contribution >= 0.6 is 0 Å². The molecule has 2 saturated carbocycles. The summed E-state index contributed by atoms with van der Waals surface area (Å²) in [4.78, 5) is 0. The Morgan fingerprint density at radius 3 is 2.03 bits per heavy atom. The van der Waals surface area contributed by atoms with Crippen molar-refractivity contribution < 1.29 is 4.39 Å². The summed E-state index contributed by atoms with van der Waals surface area (Å²) in [6.07, 6.45) is 25.1. The molecule has 0 saturated heterocycles. The topological polar surface area (TPSA) is 23.8 Å². The quantitative estimate of drug-likeness (QED) is 0.187. The van der Waals surface area contributed by atoms with Gasteiger partial charge in [0.2, 0.25) is 0 Å². The molecule has 0 heterocycles. The van der Waals surface area contributed by atoms with Gasteiger partial charge < -0.3 is 0 Å². The van der Waals surface area contributed by atoms with Crippen molar-refractivity contribution in [1.29, 1.82) is 5.26 Å². The Bertz CT molecular complexity index is 768. The molecule has 0 N–H and O–H groups in total. The zero-order valence-corrected chi connectivity index (χ0v) is 20.8. The molecule has 0 aliphatic heterocycles. The van der Waals surface area contributed by atoms with E-state index < -0.39 is 5.83 Å². The minimum atomic E-state index is -0.701. The molecule has 0 unspecified atom stereocenters. The van der Waals surface area contributed by atoms with Crippen molar-refractivity contribution in [1.82, 2.24) is 0 Å². The molecular weight excluding hydrogens is 405 g/mol. The van der Waals surface area contributed by atoms with Crippen LogP contribution in [0, 0.1) is 35.0 Å². The molecule has 33 heavy (non-hydrogen) atoms. The molecule has 1 nitrogen and oxygen atoms in total. The monoisotopic (exact) mass is 449 g/mol. The number of hydrogen-bond donors (Lipinski definition) is 0. The van der Waals surface area contributed by atoms with E-state index in [4.69, 9.17) is 5.26 Å². The van der Waals surface area contributed by atoms with Gasteiger partial charge in [0.25, 0.3) is 0 Å². The fourth-order valence-electron chi connectivity index (χ4n) is 6.11. The Labute approximate surface area is 202 Å². The second-order valence-electron chi connectivity index (χ2n) is 10.6. The number of nitriles is 1. The van der Waals surface area contributed by atoms with E-state index in [0.29, 0.717) is 5.92 Å². The average molecular weight is 450 g/mol. The first-order valence-electron chi connectivity index (χ1n) is 13.7. The second kappa shape index (κ2) is 14.4. The third kappa shape index (κ3) is 9.11. The van der Waals surface area contributed by atoms with Crippen molar-refractivity contribution in [3.8, 4) is 6.07 Å². The lowest BCUT2D eigenvalue weighted by atomic mass is 9.68. The van der Waals surface area contributed by atoms with Crippen molar-refractivity contribution in [3.63, 3.8) is 0 Å². The van der Waals surface area contributed by atoms with Crippen molar-refractivity contribution in [2.24, 2.45) is 23.7 Å². The van der Waals surface area contributed by atoms with Crippen molar-refractivity contribution >= 4 is 0 Å². The van der Waals surface area contributed by atoms with Gasteiger partial charge in [-0.05, 0) is 105 Å². The molecule has 180 valence electrons. The van der Waals surface area contributed by atoms with Crippen molar-refractivity contribution in [2.75, 3.05) is 0 Å². The molecule has 2 heteroatoms. The van der Waals surface area contributed by atoms with Crippen LogP contribution in [0.25, 0.3) is 0 Å². The van der Waals surface area contributed by atoms with Crippen LogP contribution in [-0.4, -0.2) is 0 Å². The molecular formula is C31H44FN. The Morgan fingerprint density at radius 2 is 1.45 bits per heavy atom. The van der Waals surface area contributed by atoms with Crippen LogP contribution in [0.2, 0.25) is 0 Å². The summed E-state index contributed by atoms with van der Waals surface area (Å²) >= 11 is 0. The first kappa shape index (κ1) is 25.7. The highest BCUT2D eigenvalue weighted by atomic mass is 19.1. The highest BCUT2D eigenvalue weighted by Crippen LogP contribution is 2.42. The van der Waals surface area contributed by atoms with Crippen LogP contribution in [0.4, 0.5) is 4.39 Å². The molecule has 2 fully saturated rings. The van der Waals surface area contributed by atoms with E-state index in [2.05, 4.69) is 37.3 Å². The van der Waals surface area contributed by atoms with E-state index in [1.807, 2.05) is 0 Å². The summed E-state index contributed by atoms with van der Waals surface area (Å²) in [5, 5.41) is 8.48. The lowest BCUT2D eigenvalue weighted by Gasteiger charge is -2.37. The molecule has 0 bridgehead atoms. The minimum Gasteiger partial charge on any atom is -0.195 e. The van der Waals surface area contributed by atoms with Gasteiger partial charge in [0.1, 0.15) is 6.07 Å². The lowest BCUT2D eigenvalue weighted by molar-refractivity contribution is 0.151. The SMILES string of the molecule is CCCCc1ccc(CCCC[C@H]2CC[C@H](C3CCC(/C=C/C=C(\F)C#N)CC3)CC2)cc1. The van der Waals surface area contributed by atoms with Gasteiger partial charge in [0.15, 0.2) is 5.83 Å². The number of rotatable bonds is 11. The van der Waals surface area contributed by atoms with E-state index in [1.54, 1.807) is 6.08 Å². The summed E-state index contributed by atoms with van der Waals surface area (Å²) in [6.45, 7) is 2.26. The van der Waals surface area contributed by atoms with Crippen LogP contribution in [0.1, 0.15) is 102 Å². The molecule has 1 aromatic rings. The molecule has 0 aromatic heterocycles. The van der Waals surface area contributed by atoms with Crippen LogP contribution in [-0.2, 0) is 12.8 Å². The summed E-state index contributed by atoms with van der Waals surface area (Å²) in [5.74, 6) is 2.66. The summed E-state index contributed by atoms with van der Waals surface area (Å²) in [6, 6.07) is 10.9. The number of halogens is 1. The molecule has 0 amide bonds. The number of aryl methyl sites for hydroxylation is 2. The highest BCUT2D eigenvalue weighted by Gasteiger charge is 2.30. The Balaban J connectivity index is 1.27. The normalized spacial score (nSPS) is 26.4. The Kier molecular flexibility index (Phi) is 11.2. The van der Waals surface area contributed by atoms with Crippen molar-refractivity contribution in [2.45, 2.75) is 103 Å². The maximum atomic E-state index is 12.9. The third-order valence-electron chi connectivity index (χ3n) is 8.28. The zero-order chi connectivity index (χ0) is 23.3. The van der Waals surface area contributed by atoms with Gasteiger partial charge in [0, 0.05) is 0 Å². The van der Waals surface area contributed by atoms with Crippen LogP contribution in [0.15, 0.2) is 48.3 Å². The molecule has 0 atom stereocenters. The predicted molar refractivity (Wildman–Crippen MR) is 137 cm³/mol. The summed E-state index contributed by atoms with van der Waals surface area (Å²) in [5.41, 5.74) is 3.00. The molecule has 0 radical (unpaired) electrons. The van der Waals surface area contributed by atoms with Crippen molar-refractivity contribution in [3.05, 3.63) is 59.4 Å². The van der Waals surface area contributed by atoms with E-state index in [-0.39, 0.29) is 0 Å². The van der Waals surface area contributed by atoms with Crippen LogP contribution in [0.5, 0.6) is 0 Å². The lowest BCUT2D eigenvalue weighted by Crippen LogP contribution is -2.25. The fraction of sp³-hybridized carbons (Fsp3) is 0.645. The number of allylic oxidation sites excluding steroid dienone is 4.